The van der Waals surface area contributed by atoms with Crippen LogP contribution in [0.25, 0.3) is 11.0 Å². The number of carbonyl (C=O) groups is 1. The van der Waals surface area contributed by atoms with E-state index >= 15 is 0 Å². The van der Waals surface area contributed by atoms with Gasteiger partial charge in [0.25, 0.3) is 5.91 Å². The van der Waals surface area contributed by atoms with E-state index in [1.54, 1.807) is 43.3 Å². The Balaban J connectivity index is 1.71. The second-order valence-electron chi connectivity index (χ2n) is 5.50. The third-order valence-electron chi connectivity index (χ3n) is 3.59. The van der Waals surface area contributed by atoms with Crippen molar-refractivity contribution in [2.45, 2.75) is 20.0 Å². The summed E-state index contributed by atoms with van der Waals surface area (Å²) < 4.78 is 5.69. The van der Waals surface area contributed by atoms with Crippen LogP contribution < -0.4 is 15.7 Å². The number of imidazole rings is 1. The van der Waals surface area contributed by atoms with Gasteiger partial charge in [-0.05, 0) is 55.8 Å². The number of hydrogen-bond acceptors (Lipinski definition) is 3. The number of aromatic amines is 2. The zero-order chi connectivity index (χ0) is 17.3. The van der Waals surface area contributed by atoms with E-state index in [1.807, 2.05) is 6.92 Å². The number of carbonyl (C=O) groups excluding carboxylic acids is 1. The fraction of sp³-hybridized carbons (Fsp3) is 0.176. The van der Waals surface area contributed by atoms with Crippen LogP contribution in [0.2, 0.25) is 5.02 Å². The van der Waals surface area contributed by atoms with Crippen molar-refractivity contribution in [1.29, 1.82) is 0 Å². The molecule has 1 amide bonds. The Kier molecular flexibility index (Phi) is 4.31. The van der Waals surface area contributed by atoms with Gasteiger partial charge < -0.3 is 20.0 Å². The van der Waals surface area contributed by atoms with Crippen LogP contribution in [0.5, 0.6) is 5.75 Å². The first-order valence-electron chi connectivity index (χ1n) is 7.38. The van der Waals surface area contributed by atoms with E-state index in [9.17, 15) is 9.59 Å². The number of rotatable bonds is 4. The van der Waals surface area contributed by atoms with Crippen LogP contribution in [0.4, 0.5) is 5.69 Å². The first-order valence-corrected chi connectivity index (χ1v) is 7.76. The average molecular weight is 346 g/mol. The predicted molar refractivity (Wildman–Crippen MR) is 93.8 cm³/mol. The molecule has 3 aromatic rings. The molecule has 2 aromatic carbocycles. The van der Waals surface area contributed by atoms with E-state index in [4.69, 9.17) is 16.3 Å². The highest BCUT2D eigenvalue weighted by molar-refractivity contribution is 6.30. The molecule has 0 aliphatic heterocycles. The van der Waals surface area contributed by atoms with Crippen LogP contribution in [0.15, 0.2) is 41.2 Å². The van der Waals surface area contributed by atoms with Crippen molar-refractivity contribution in [2.75, 3.05) is 5.32 Å². The molecule has 124 valence electrons. The summed E-state index contributed by atoms with van der Waals surface area (Å²) in [4.78, 5) is 28.8. The number of nitrogens with one attached hydrogen (secondary N) is 3. The fourth-order valence-corrected chi connectivity index (χ4v) is 2.57. The van der Waals surface area contributed by atoms with Crippen molar-refractivity contribution in [3.63, 3.8) is 0 Å². The van der Waals surface area contributed by atoms with E-state index in [-0.39, 0.29) is 11.6 Å². The monoisotopic (exact) mass is 345 g/mol. The predicted octanol–water partition coefficient (Wildman–Crippen LogP) is 3.22. The Bertz CT molecular complexity index is 961. The summed E-state index contributed by atoms with van der Waals surface area (Å²) in [5, 5.41) is 3.38. The number of anilines is 1. The molecule has 0 radical (unpaired) electrons. The molecule has 7 heteroatoms. The third kappa shape index (κ3) is 3.44. The van der Waals surface area contributed by atoms with Crippen molar-refractivity contribution in [1.82, 2.24) is 9.97 Å². The maximum atomic E-state index is 12.3. The average Bonchev–Trinajstić information content (AvgIpc) is 2.89. The molecule has 0 bridgehead atoms. The number of hydrogen-bond donors (Lipinski definition) is 3. The summed E-state index contributed by atoms with van der Waals surface area (Å²) in [6.07, 6.45) is -0.689. The molecule has 0 fully saturated rings. The second kappa shape index (κ2) is 6.41. The van der Waals surface area contributed by atoms with Crippen LogP contribution in [-0.4, -0.2) is 22.0 Å². The molecular formula is C17H16ClN3O3. The topological polar surface area (TPSA) is 87.0 Å². The lowest BCUT2D eigenvalue weighted by Crippen LogP contribution is -2.30. The lowest BCUT2D eigenvalue weighted by atomic mass is 10.2. The SMILES string of the molecule is Cc1cc(Cl)ccc1OC(C)C(=O)Nc1ccc2[nH]c(=O)[nH]c2c1. The molecule has 3 rings (SSSR count). The number of H-pyrrole nitrogens is 2. The van der Waals surface area contributed by atoms with Gasteiger partial charge in [0.15, 0.2) is 6.10 Å². The summed E-state index contributed by atoms with van der Waals surface area (Å²) >= 11 is 5.91. The third-order valence-corrected chi connectivity index (χ3v) is 3.83. The smallest absolute Gasteiger partial charge is 0.323 e. The summed E-state index contributed by atoms with van der Waals surface area (Å²) in [6.45, 7) is 3.53. The molecule has 0 aliphatic rings. The van der Waals surface area contributed by atoms with Crippen molar-refractivity contribution < 1.29 is 9.53 Å². The lowest BCUT2D eigenvalue weighted by Gasteiger charge is -2.16. The zero-order valence-electron chi connectivity index (χ0n) is 13.1. The minimum absolute atomic E-state index is 0.289. The number of halogens is 1. The fourth-order valence-electron chi connectivity index (χ4n) is 2.34. The van der Waals surface area contributed by atoms with Crippen molar-refractivity contribution >= 4 is 34.2 Å². The first-order chi connectivity index (χ1) is 11.4. The maximum Gasteiger partial charge on any atom is 0.323 e. The minimum atomic E-state index is -0.689. The highest BCUT2D eigenvalue weighted by atomic mass is 35.5. The Morgan fingerprint density at radius 1 is 1.17 bits per heavy atom. The summed E-state index contributed by atoms with van der Waals surface area (Å²) in [6, 6.07) is 10.3. The Morgan fingerprint density at radius 3 is 2.67 bits per heavy atom. The molecule has 1 heterocycles. The van der Waals surface area contributed by atoms with Gasteiger partial charge in [-0.15, -0.1) is 0 Å². The van der Waals surface area contributed by atoms with Crippen LogP contribution >= 0.6 is 11.6 Å². The van der Waals surface area contributed by atoms with E-state index in [0.29, 0.717) is 27.5 Å². The molecule has 6 nitrogen and oxygen atoms in total. The minimum Gasteiger partial charge on any atom is -0.481 e. The Labute approximate surface area is 142 Å². The number of aromatic nitrogens is 2. The largest absolute Gasteiger partial charge is 0.481 e. The van der Waals surface area contributed by atoms with Crippen LogP contribution in [-0.2, 0) is 4.79 Å². The van der Waals surface area contributed by atoms with Gasteiger partial charge in [0, 0.05) is 10.7 Å². The van der Waals surface area contributed by atoms with E-state index in [0.717, 1.165) is 5.56 Å². The molecule has 0 saturated heterocycles. The number of benzene rings is 2. The van der Waals surface area contributed by atoms with Crippen LogP contribution in [0, 0.1) is 6.92 Å². The summed E-state index contributed by atoms with van der Waals surface area (Å²) in [7, 11) is 0. The maximum absolute atomic E-state index is 12.3. The molecule has 24 heavy (non-hydrogen) atoms. The van der Waals surface area contributed by atoms with Gasteiger partial charge in [0.1, 0.15) is 5.75 Å². The molecule has 1 atom stereocenters. The summed E-state index contributed by atoms with van der Waals surface area (Å²) in [5.41, 5.74) is 2.45. The molecule has 0 aliphatic carbocycles. The molecule has 1 aromatic heterocycles. The van der Waals surface area contributed by atoms with E-state index < -0.39 is 6.10 Å². The molecular weight excluding hydrogens is 330 g/mol. The molecule has 0 spiro atoms. The van der Waals surface area contributed by atoms with Gasteiger partial charge in [-0.2, -0.15) is 0 Å². The molecule has 0 saturated carbocycles. The first kappa shape index (κ1) is 16.1. The van der Waals surface area contributed by atoms with Crippen molar-refractivity contribution in [3.8, 4) is 5.75 Å². The van der Waals surface area contributed by atoms with Gasteiger partial charge >= 0.3 is 5.69 Å². The zero-order valence-corrected chi connectivity index (χ0v) is 13.9. The van der Waals surface area contributed by atoms with Crippen LogP contribution in [0.1, 0.15) is 12.5 Å². The number of aryl methyl sites for hydroxylation is 1. The van der Waals surface area contributed by atoms with Gasteiger partial charge in [0.05, 0.1) is 11.0 Å². The van der Waals surface area contributed by atoms with E-state index in [1.165, 1.54) is 0 Å². The van der Waals surface area contributed by atoms with Gasteiger partial charge in [-0.1, -0.05) is 11.6 Å². The second-order valence-corrected chi connectivity index (χ2v) is 5.94. The van der Waals surface area contributed by atoms with Gasteiger partial charge in [-0.3, -0.25) is 4.79 Å². The summed E-state index contributed by atoms with van der Waals surface area (Å²) in [5.74, 6) is 0.314. The Hall–Kier alpha value is -2.73. The lowest BCUT2D eigenvalue weighted by molar-refractivity contribution is -0.122. The molecule has 3 N–H and O–H groups in total. The van der Waals surface area contributed by atoms with Crippen molar-refractivity contribution in [2.24, 2.45) is 0 Å². The van der Waals surface area contributed by atoms with Crippen molar-refractivity contribution in [3.05, 3.63) is 57.5 Å². The quantitative estimate of drug-likeness (QED) is 0.678. The number of ether oxygens (including phenoxy) is 1. The van der Waals surface area contributed by atoms with Crippen LogP contribution in [0.3, 0.4) is 0 Å². The van der Waals surface area contributed by atoms with Gasteiger partial charge in [0.2, 0.25) is 0 Å². The normalized spacial score (nSPS) is 12.1. The number of fused-ring (bicyclic) bond motifs is 1. The highest BCUT2D eigenvalue weighted by Gasteiger charge is 2.16. The molecule has 1 unspecified atom stereocenters. The van der Waals surface area contributed by atoms with Gasteiger partial charge in [-0.25, -0.2) is 4.79 Å². The van der Waals surface area contributed by atoms with E-state index in [2.05, 4.69) is 15.3 Å². The highest BCUT2D eigenvalue weighted by Crippen LogP contribution is 2.23. The Morgan fingerprint density at radius 2 is 1.92 bits per heavy atom. The number of amides is 1. The standard InChI is InChI=1S/C17H16ClN3O3/c1-9-7-11(18)3-6-15(9)24-10(2)16(22)19-12-4-5-13-14(8-12)21-17(23)20-13/h3-8,10H,1-2H3,(H,19,22)(H2,20,21,23).